The largest absolute Gasteiger partial charge is 0.507 e. The summed E-state index contributed by atoms with van der Waals surface area (Å²) >= 11 is 5.92. The van der Waals surface area contributed by atoms with Crippen LogP contribution >= 0.6 is 11.6 Å². The molecule has 0 radical (unpaired) electrons. The van der Waals surface area contributed by atoms with Gasteiger partial charge in [-0.15, -0.1) is 0 Å². The van der Waals surface area contributed by atoms with E-state index in [-0.39, 0.29) is 5.75 Å². The average molecular weight is 315 g/mol. The van der Waals surface area contributed by atoms with E-state index in [1.54, 1.807) is 12.3 Å². The van der Waals surface area contributed by atoms with Crippen molar-refractivity contribution < 1.29 is 9.84 Å². The minimum atomic E-state index is 0.144. The van der Waals surface area contributed by atoms with Gasteiger partial charge in [0.25, 0.3) is 0 Å². The molecule has 4 nitrogen and oxygen atoms in total. The number of aromatic hydroxyl groups is 1. The normalized spacial score (nSPS) is 10.6. The molecule has 3 aromatic rings. The molecule has 0 aliphatic heterocycles. The summed E-state index contributed by atoms with van der Waals surface area (Å²) in [5.74, 6) is 0.779. The molecule has 2 N–H and O–H groups in total. The quantitative estimate of drug-likeness (QED) is 0.745. The summed E-state index contributed by atoms with van der Waals surface area (Å²) in [5.41, 5.74) is 3.30. The maximum atomic E-state index is 10.3. The van der Waals surface area contributed by atoms with Gasteiger partial charge in [0.2, 0.25) is 0 Å². The van der Waals surface area contributed by atoms with Crippen molar-refractivity contribution in [3.05, 3.63) is 53.7 Å². The highest BCUT2D eigenvalue weighted by atomic mass is 35.5. The second kappa shape index (κ2) is 6.12. The number of ether oxygens (including phenoxy) is 1. The van der Waals surface area contributed by atoms with Crippen molar-refractivity contribution in [2.75, 3.05) is 6.61 Å². The van der Waals surface area contributed by atoms with E-state index in [1.807, 2.05) is 43.3 Å². The van der Waals surface area contributed by atoms with Gasteiger partial charge in [0.05, 0.1) is 18.5 Å². The summed E-state index contributed by atoms with van der Waals surface area (Å²) in [6.45, 7) is 2.46. The fraction of sp³-hybridized carbons (Fsp3) is 0.118. The number of aromatic nitrogens is 2. The molecule has 0 spiro atoms. The molecule has 112 valence electrons. The Labute approximate surface area is 133 Å². The van der Waals surface area contributed by atoms with Gasteiger partial charge in [-0.3, -0.25) is 5.10 Å². The smallest absolute Gasteiger partial charge is 0.128 e. The predicted octanol–water partition coefficient (Wildman–Crippen LogP) is 4.50. The standard InChI is InChI=1S/C17H15ClN2O2/c1-2-22-13-7-8-14(16(21)9-13)17-15(10-19-20-17)11-3-5-12(18)6-4-11/h3-10,21H,2H2,1H3,(H,19,20). The number of nitrogens with zero attached hydrogens (tertiary/aromatic N) is 1. The molecule has 0 atom stereocenters. The number of rotatable bonds is 4. The first-order chi connectivity index (χ1) is 10.7. The van der Waals surface area contributed by atoms with Crippen molar-refractivity contribution in [3.63, 3.8) is 0 Å². The number of nitrogens with one attached hydrogen (secondary N) is 1. The van der Waals surface area contributed by atoms with E-state index in [0.717, 1.165) is 16.8 Å². The molecule has 22 heavy (non-hydrogen) atoms. The third-order valence-electron chi connectivity index (χ3n) is 3.34. The molecule has 0 saturated carbocycles. The van der Waals surface area contributed by atoms with Gasteiger partial charge in [-0.25, -0.2) is 0 Å². The highest BCUT2D eigenvalue weighted by Crippen LogP contribution is 2.37. The Kier molecular flexibility index (Phi) is 4.02. The summed E-state index contributed by atoms with van der Waals surface area (Å²) in [4.78, 5) is 0. The Morgan fingerprint density at radius 1 is 1.14 bits per heavy atom. The third kappa shape index (κ3) is 2.78. The van der Waals surface area contributed by atoms with Crippen LogP contribution in [0.25, 0.3) is 22.4 Å². The lowest BCUT2D eigenvalue weighted by Crippen LogP contribution is -1.91. The Hall–Kier alpha value is -2.46. The van der Waals surface area contributed by atoms with Gasteiger partial charge in [0.15, 0.2) is 0 Å². The summed E-state index contributed by atoms with van der Waals surface area (Å²) in [5, 5.41) is 18.0. The molecule has 0 amide bonds. The third-order valence-corrected chi connectivity index (χ3v) is 3.60. The van der Waals surface area contributed by atoms with Crippen LogP contribution in [-0.2, 0) is 0 Å². The summed E-state index contributed by atoms with van der Waals surface area (Å²) in [6.07, 6.45) is 1.73. The van der Waals surface area contributed by atoms with Crippen molar-refractivity contribution in [2.24, 2.45) is 0 Å². The topological polar surface area (TPSA) is 58.1 Å². The van der Waals surface area contributed by atoms with Crippen molar-refractivity contribution in [1.29, 1.82) is 0 Å². The molecular weight excluding hydrogens is 300 g/mol. The maximum Gasteiger partial charge on any atom is 0.128 e. The van der Waals surface area contributed by atoms with Gasteiger partial charge in [0.1, 0.15) is 11.5 Å². The van der Waals surface area contributed by atoms with Gasteiger partial charge in [-0.1, -0.05) is 23.7 Å². The number of benzene rings is 2. The van der Waals surface area contributed by atoms with Crippen LogP contribution in [-0.4, -0.2) is 21.9 Å². The predicted molar refractivity (Wildman–Crippen MR) is 87.3 cm³/mol. The zero-order valence-corrected chi connectivity index (χ0v) is 12.8. The zero-order chi connectivity index (χ0) is 15.5. The van der Waals surface area contributed by atoms with E-state index < -0.39 is 0 Å². The van der Waals surface area contributed by atoms with Gasteiger partial charge in [-0.2, -0.15) is 5.10 Å². The number of H-pyrrole nitrogens is 1. The van der Waals surface area contributed by atoms with E-state index in [1.165, 1.54) is 0 Å². The number of hydrogen-bond acceptors (Lipinski definition) is 3. The summed E-state index contributed by atoms with van der Waals surface area (Å²) in [6, 6.07) is 12.7. The van der Waals surface area contributed by atoms with Gasteiger partial charge in [0, 0.05) is 22.2 Å². The van der Waals surface area contributed by atoms with E-state index >= 15 is 0 Å². The average Bonchev–Trinajstić information content (AvgIpc) is 2.98. The number of phenolic OH excluding ortho intramolecular Hbond substituents is 1. The van der Waals surface area contributed by atoms with Crippen LogP contribution in [0.3, 0.4) is 0 Å². The molecule has 2 aromatic carbocycles. The van der Waals surface area contributed by atoms with Crippen LogP contribution in [0, 0.1) is 0 Å². The molecule has 5 heteroatoms. The minimum absolute atomic E-state index is 0.144. The lowest BCUT2D eigenvalue weighted by atomic mass is 10.0. The first kappa shape index (κ1) is 14.5. The SMILES string of the molecule is CCOc1ccc(-c2[nH]ncc2-c2ccc(Cl)cc2)c(O)c1. The van der Waals surface area contributed by atoms with Crippen LogP contribution in [0.4, 0.5) is 0 Å². The van der Waals surface area contributed by atoms with Crippen LogP contribution in [0.2, 0.25) is 5.02 Å². The highest BCUT2D eigenvalue weighted by molar-refractivity contribution is 6.30. The van der Waals surface area contributed by atoms with E-state index in [9.17, 15) is 5.11 Å². The van der Waals surface area contributed by atoms with Gasteiger partial charge in [-0.05, 0) is 36.8 Å². The second-order valence-corrected chi connectivity index (χ2v) is 5.21. The molecule has 1 aromatic heterocycles. The molecule has 0 fully saturated rings. The first-order valence-electron chi connectivity index (χ1n) is 6.94. The molecule has 0 saturated heterocycles. The molecule has 3 rings (SSSR count). The monoisotopic (exact) mass is 314 g/mol. The summed E-state index contributed by atoms with van der Waals surface area (Å²) < 4.78 is 5.39. The highest BCUT2D eigenvalue weighted by Gasteiger charge is 2.14. The fourth-order valence-electron chi connectivity index (χ4n) is 2.32. The molecule has 0 aliphatic rings. The van der Waals surface area contributed by atoms with Crippen LogP contribution in [0.5, 0.6) is 11.5 Å². The number of phenols is 1. The lowest BCUT2D eigenvalue weighted by Gasteiger charge is -2.09. The van der Waals surface area contributed by atoms with Crippen LogP contribution in [0.1, 0.15) is 6.92 Å². The molecule has 0 unspecified atom stereocenters. The number of halogens is 1. The Morgan fingerprint density at radius 3 is 2.59 bits per heavy atom. The van der Waals surface area contributed by atoms with Gasteiger partial charge >= 0.3 is 0 Å². The van der Waals surface area contributed by atoms with Crippen molar-refractivity contribution >= 4 is 11.6 Å². The first-order valence-corrected chi connectivity index (χ1v) is 7.32. The fourth-order valence-corrected chi connectivity index (χ4v) is 2.45. The second-order valence-electron chi connectivity index (χ2n) is 4.78. The number of aromatic amines is 1. The summed E-state index contributed by atoms with van der Waals surface area (Å²) in [7, 11) is 0. The zero-order valence-electron chi connectivity index (χ0n) is 12.0. The Balaban J connectivity index is 2.03. The minimum Gasteiger partial charge on any atom is -0.507 e. The van der Waals surface area contributed by atoms with Crippen molar-refractivity contribution in [1.82, 2.24) is 10.2 Å². The lowest BCUT2D eigenvalue weighted by molar-refractivity contribution is 0.338. The molecular formula is C17H15ClN2O2. The Bertz CT molecular complexity index is 782. The van der Waals surface area contributed by atoms with E-state index in [0.29, 0.717) is 22.9 Å². The maximum absolute atomic E-state index is 10.3. The molecule has 1 heterocycles. The van der Waals surface area contributed by atoms with Crippen LogP contribution < -0.4 is 4.74 Å². The van der Waals surface area contributed by atoms with E-state index in [2.05, 4.69) is 10.2 Å². The Morgan fingerprint density at radius 2 is 1.91 bits per heavy atom. The number of hydrogen-bond donors (Lipinski definition) is 2. The van der Waals surface area contributed by atoms with Crippen molar-refractivity contribution in [3.8, 4) is 33.9 Å². The van der Waals surface area contributed by atoms with E-state index in [4.69, 9.17) is 16.3 Å². The molecule has 0 bridgehead atoms. The van der Waals surface area contributed by atoms with Crippen LogP contribution in [0.15, 0.2) is 48.7 Å². The van der Waals surface area contributed by atoms with Crippen molar-refractivity contribution in [2.45, 2.75) is 6.92 Å². The van der Waals surface area contributed by atoms with Gasteiger partial charge < -0.3 is 9.84 Å². The molecule has 0 aliphatic carbocycles.